The van der Waals surface area contributed by atoms with Crippen LogP contribution in [0.5, 0.6) is 0 Å². The van der Waals surface area contributed by atoms with Crippen molar-refractivity contribution in [2.24, 2.45) is 4.99 Å². The summed E-state index contributed by atoms with van der Waals surface area (Å²) in [5, 5.41) is 5.55. The van der Waals surface area contributed by atoms with Crippen LogP contribution in [0.25, 0.3) is 0 Å². The van der Waals surface area contributed by atoms with Gasteiger partial charge in [0.2, 0.25) is 0 Å². The summed E-state index contributed by atoms with van der Waals surface area (Å²) in [7, 11) is 0. The maximum absolute atomic E-state index is 4.89. The number of hydrazine groups is 1. The van der Waals surface area contributed by atoms with E-state index in [0.717, 1.165) is 63.1 Å². The van der Waals surface area contributed by atoms with Gasteiger partial charge in [-0.15, -0.1) is 0 Å². The van der Waals surface area contributed by atoms with Crippen LogP contribution in [0.3, 0.4) is 0 Å². The Morgan fingerprint density at radius 2 is 2.03 bits per heavy atom. The molecule has 5 rings (SSSR count). The van der Waals surface area contributed by atoms with Gasteiger partial charge in [-0.05, 0) is 54.8 Å². The standard InChI is InChI=1S/C26H25BrN6S/c27-23-18-29-33-25(17-24(32-26(23)33)19-7-3-1-2-4-8-19)31-21-10-12-22(13-11-21)34-30-16-14-20-9-5-6-15-28-20/h1,3-13,15,17,29-31H,2,14,16,18H2. The van der Waals surface area contributed by atoms with Gasteiger partial charge < -0.3 is 5.32 Å². The number of benzene rings is 1. The van der Waals surface area contributed by atoms with Crippen molar-refractivity contribution in [3.05, 3.63) is 113 Å². The van der Waals surface area contributed by atoms with Crippen molar-refractivity contribution in [1.29, 1.82) is 0 Å². The Balaban J connectivity index is 1.24. The molecule has 0 saturated carbocycles. The predicted octanol–water partition coefficient (Wildman–Crippen LogP) is 5.46. The molecule has 3 aliphatic rings. The molecule has 0 bridgehead atoms. The van der Waals surface area contributed by atoms with Gasteiger partial charge in [0.05, 0.1) is 16.7 Å². The number of aromatic nitrogens is 1. The summed E-state index contributed by atoms with van der Waals surface area (Å²) in [5.41, 5.74) is 7.51. The molecule has 0 radical (unpaired) electrons. The van der Waals surface area contributed by atoms with Gasteiger partial charge >= 0.3 is 0 Å². The summed E-state index contributed by atoms with van der Waals surface area (Å²) in [6.07, 6.45) is 16.4. The van der Waals surface area contributed by atoms with Crippen molar-refractivity contribution in [3.8, 4) is 0 Å². The van der Waals surface area contributed by atoms with Crippen LogP contribution >= 0.6 is 27.9 Å². The Morgan fingerprint density at radius 1 is 1.12 bits per heavy atom. The van der Waals surface area contributed by atoms with Crippen molar-refractivity contribution in [2.75, 3.05) is 18.4 Å². The first-order chi connectivity index (χ1) is 16.8. The normalized spacial score (nSPS) is 17.2. The fourth-order valence-electron chi connectivity index (χ4n) is 3.68. The summed E-state index contributed by atoms with van der Waals surface area (Å²) < 4.78 is 4.45. The monoisotopic (exact) mass is 532 g/mol. The maximum atomic E-state index is 4.89. The van der Waals surface area contributed by atoms with Gasteiger partial charge in [0.1, 0.15) is 5.82 Å². The average molecular weight is 533 g/mol. The third kappa shape index (κ3) is 5.59. The van der Waals surface area contributed by atoms with Crippen molar-refractivity contribution in [3.63, 3.8) is 0 Å². The highest BCUT2D eigenvalue weighted by atomic mass is 79.9. The maximum Gasteiger partial charge on any atom is 0.161 e. The Morgan fingerprint density at radius 3 is 2.88 bits per heavy atom. The first kappa shape index (κ1) is 22.9. The molecule has 2 aromatic rings. The molecule has 34 heavy (non-hydrogen) atoms. The second-order valence-electron chi connectivity index (χ2n) is 7.83. The van der Waals surface area contributed by atoms with E-state index in [-0.39, 0.29) is 0 Å². The summed E-state index contributed by atoms with van der Waals surface area (Å²) >= 11 is 5.30. The third-order valence-corrected chi connectivity index (χ3v) is 6.88. The lowest BCUT2D eigenvalue weighted by molar-refractivity contribution is 0.353. The zero-order valence-corrected chi connectivity index (χ0v) is 20.9. The molecule has 1 aromatic carbocycles. The summed E-state index contributed by atoms with van der Waals surface area (Å²) in [5.74, 6) is 1.82. The zero-order valence-electron chi connectivity index (χ0n) is 18.5. The molecule has 3 N–H and O–H groups in total. The SMILES string of the molecule is BrC1=C2N=C(C3=CC=CCC=C3)C=C(Nc3ccc(SNCCc4ccccn4)cc3)N2NC1. The van der Waals surface area contributed by atoms with Gasteiger partial charge in [-0.2, -0.15) is 0 Å². The van der Waals surface area contributed by atoms with Gasteiger partial charge in [-0.3, -0.25) is 9.71 Å². The topological polar surface area (TPSA) is 64.6 Å². The number of aliphatic imine (C=N–C) groups is 1. The second-order valence-corrected chi connectivity index (χ2v) is 9.75. The largest absolute Gasteiger partial charge is 0.340 e. The van der Waals surface area contributed by atoms with Crippen LogP contribution in [0.15, 0.2) is 117 Å². The average Bonchev–Trinajstić information content (AvgIpc) is 3.07. The van der Waals surface area contributed by atoms with E-state index in [0.29, 0.717) is 6.54 Å². The van der Waals surface area contributed by atoms with Crippen LogP contribution in [0, 0.1) is 0 Å². The Bertz CT molecular complexity index is 1210. The third-order valence-electron chi connectivity index (χ3n) is 5.39. The predicted molar refractivity (Wildman–Crippen MR) is 144 cm³/mol. The van der Waals surface area contributed by atoms with Gasteiger partial charge in [0.25, 0.3) is 0 Å². The number of nitrogens with zero attached hydrogens (tertiary/aromatic N) is 3. The van der Waals surface area contributed by atoms with Crippen LogP contribution in [-0.4, -0.2) is 28.8 Å². The smallest absolute Gasteiger partial charge is 0.161 e. The van der Waals surface area contributed by atoms with E-state index in [9.17, 15) is 0 Å². The van der Waals surface area contributed by atoms with Crippen molar-refractivity contribution in [1.82, 2.24) is 20.1 Å². The van der Waals surface area contributed by atoms with E-state index in [1.807, 2.05) is 23.3 Å². The van der Waals surface area contributed by atoms with Crippen LogP contribution < -0.4 is 15.5 Å². The Hall–Kier alpha value is -2.91. The number of hydrogen-bond donors (Lipinski definition) is 3. The van der Waals surface area contributed by atoms with E-state index in [1.54, 1.807) is 11.9 Å². The number of halogens is 1. The number of anilines is 1. The molecule has 1 aliphatic carbocycles. The first-order valence-corrected chi connectivity index (χ1v) is 12.8. The quantitative estimate of drug-likeness (QED) is 0.310. The molecular weight excluding hydrogens is 508 g/mol. The van der Waals surface area contributed by atoms with Crippen LogP contribution in [0.2, 0.25) is 0 Å². The molecule has 2 aliphatic heterocycles. The van der Waals surface area contributed by atoms with Crippen molar-refractivity contribution < 1.29 is 0 Å². The number of fused-ring (bicyclic) bond motifs is 1. The molecule has 6 nitrogen and oxygen atoms in total. The molecule has 0 saturated heterocycles. The van der Waals surface area contributed by atoms with E-state index in [2.05, 4.69) is 103 Å². The number of allylic oxidation sites excluding steroid dienone is 7. The van der Waals surface area contributed by atoms with Gasteiger partial charge in [0.15, 0.2) is 5.82 Å². The van der Waals surface area contributed by atoms with Crippen molar-refractivity contribution in [2.45, 2.75) is 17.7 Å². The minimum atomic E-state index is 0.708. The molecule has 0 atom stereocenters. The summed E-state index contributed by atoms with van der Waals surface area (Å²) in [6.45, 7) is 1.57. The highest BCUT2D eigenvalue weighted by Gasteiger charge is 2.28. The highest BCUT2D eigenvalue weighted by molar-refractivity contribution is 9.11. The summed E-state index contributed by atoms with van der Waals surface area (Å²) in [6, 6.07) is 14.4. The number of pyridine rings is 1. The minimum Gasteiger partial charge on any atom is -0.340 e. The minimum absolute atomic E-state index is 0.708. The molecule has 8 heteroatoms. The Labute approximate surface area is 212 Å². The molecule has 0 fully saturated rings. The molecule has 0 spiro atoms. The molecule has 0 amide bonds. The molecule has 1 aromatic heterocycles. The zero-order chi connectivity index (χ0) is 23.2. The molecular formula is C26H25BrN6S. The lowest BCUT2D eigenvalue weighted by Crippen LogP contribution is -2.36. The van der Waals surface area contributed by atoms with E-state index in [4.69, 9.17) is 4.99 Å². The van der Waals surface area contributed by atoms with Crippen LogP contribution in [0.1, 0.15) is 12.1 Å². The lowest BCUT2D eigenvalue weighted by atomic mass is 10.1. The fraction of sp³-hybridized carbons (Fsp3) is 0.154. The van der Waals surface area contributed by atoms with Crippen LogP contribution in [0.4, 0.5) is 5.69 Å². The lowest BCUT2D eigenvalue weighted by Gasteiger charge is -2.28. The molecule has 3 heterocycles. The number of hydrogen-bond acceptors (Lipinski definition) is 7. The van der Waals surface area contributed by atoms with E-state index in [1.165, 1.54) is 0 Å². The second kappa shape index (κ2) is 11.0. The van der Waals surface area contributed by atoms with Gasteiger partial charge in [-0.1, -0.05) is 52.4 Å². The molecule has 0 unspecified atom stereocenters. The van der Waals surface area contributed by atoms with Crippen LogP contribution in [-0.2, 0) is 6.42 Å². The number of rotatable bonds is 8. The molecule has 172 valence electrons. The van der Waals surface area contributed by atoms with E-state index >= 15 is 0 Å². The van der Waals surface area contributed by atoms with Gasteiger partial charge in [0, 0.05) is 47.1 Å². The van der Waals surface area contributed by atoms with Crippen molar-refractivity contribution >= 4 is 39.3 Å². The van der Waals surface area contributed by atoms with Gasteiger partial charge in [-0.25, -0.2) is 15.4 Å². The fourth-order valence-corrected chi connectivity index (χ4v) is 4.71. The first-order valence-electron chi connectivity index (χ1n) is 11.2. The summed E-state index contributed by atoms with van der Waals surface area (Å²) in [4.78, 5) is 10.4. The highest BCUT2D eigenvalue weighted by Crippen LogP contribution is 2.31. The Kier molecular flexibility index (Phi) is 7.40. The number of nitrogens with one attached hydrogen (secondary N) is 3. The van der Waals surface area contributed by atoms with E-state index < -0.39 is 0 Å².